The third-order valence-electron chi connectivity index (χ3n) is 4.32. The number of aromatic nitrogens is 3. The summed E-state index contributed by atoms with van der Waals surface area (Å²) in [6.45, 7) is 5.79. The van der Waals surface area contributed by atoms with Gasteiger partial charge in [-0.2, -0.15) is 5.10 Å². The molecule has 10 heteroatoms. The maximum Gasteiger partial charge on any atom is 0.267 e. The van der Waals surface area contributed by atoms with Crippen LogP contribution in [0.25, 0.3) is 0 Å². The molecule has 5 N–H and O–H groups in total. The van der Waals surface area contributed by atoms with Crippen molar-refractivity contribution >= 4 is 39.8 Å². The van der Waals surface area contributed by atoms with Crippen LogP contribution in [0.3, 0.4) is 0 Å². The van der Waals surface area contributed by atoms with E-state index < -0.39 is 5.91 Å². The van der Waals surface area contributed by atoms with E-state index in [0.717, 1.165) is 11.3 Å². The molecule has 1 aromatic carbocycles. The Labute approximate surface area is 171 Å². The Kier molecular flexibility index (Phi) is 5.83. The molecule has 3 rings (SSSR count). The highest BCUT2D eigenvalue weighted by Gasteiger charge is 2.16. The summed E-state index contributed by atoms with van der Waals surface area (Å²) >= 11 is 1.18. The SMILES string of the molecule is Cc1cc(Nc2ncc(C(=O)Nc3c(C)ccc(O)c3C)s2)n(CCC(N)=O)n1. The van der Waals surface area contributed by atoms with Gasteiger partial charge in [0.25, 0.3) is 5.91 Å². The van der Waals surface area contributed by atoms with Gasteiger partial charge in [0, 0.05) is 18.1 Å². The number of nitrogens with two attached hydrogens (primary N) is 1. The molecular formula is C19H22N6O3S. The zero-order chi connectivity index (χ0) is 21.1. The average Bonchev–Trinajstić information content (AvgIpc) is 3.27. The van der Waals surface area contributed by atoms with Gasteiger partial charge in [-0.05, 0) is 32.4 Å². The van der Waals surface area contributed by atoms with Crippen molar-refractivity contribution in [1.29, 1.82) is 0 Å². The number of aromatic hydroxyl groups is 1. The van der Waals surface area contributed by atoms with Crippen molar-refractivity contribution in [2.45, 2.75) is 33.7 Å². The van der Waals surface area contributed by atoms with Gasteiger partial charge in [-0.1, -0.05) is 17.4 Å². The molecule has 9 nitrogen and oxygen atoms in total. The molecular weight excluding hydrogens is 392 g/mol. The molecule has 0 saturated heterocycles. The quantitative estimate of drug-likeness (QED) is 0.469. The first-order chi connectivity index (χ1) is 13.7. The minimum absolute atomic E-state index is 0.122. The number of hydrogen-bond donors (Lipinski definition) is 4. The molecule has 0 unspecified atom stereocenters. The number of anilines is 3. The molecule has 0 saturated carbocycles. The number of phenolic OH excluding ortho intramolecular Hbond substituents is 1. The predicted molar refractivity (Wildman–Crippen MR) is 112 cm³/mol. The first kappa shape index (κ1) is 20.3. The number of benzene rings is 1. The molecule has 0 aliphatic rings. The van der Waals surface area contributed by atoms with Crippen molar-refractivity contribution in [2.75, 3.05) is 10.6 Å². The van der Waals surface area contributed by atoms with E-state index in [1.165, 1.54) is 17.5 Å². The van der Waals surface area contributed by atoms with Crippen LogP contribution in [0.15, 0.2) is 24.4 Å². The topological polar surface area (TPSA) is 135 Å². The molecule has 2 heterocycles. The number of amides is 2. The van der Waals surface area contributed by atoms with Gasteiger partial charge in [0.2, 0.25) is 5.91 Å². The van der Waals surface area contributed by atoms with Crippen molar-refractivity contribution in [3.8, 4) is 5.75 Å². The molecule has 0 aliphatic heterocycles. The summed E-state index contributed by atoms with van der Waals surface area (Å²) in [5.41, 5.74) is 8.03. The molecule has 0 radical (unpaired) electrons. The van der Waals surface area contributed by atoms with Crippen LogP contribution in [0.5, 0.6) is 5.75 Å². The summed E-state index contributed by atoms with van der Waals surface area (Å²) in [7, 11) is 0. The van der Waals surface area contributed by atoms with Gasteiger partial charge in [-0.3, -0.25) is 9.59 Å². The molecule has 0 aliphatic carbocycles. The highest BCUT2D eigenvalue weighted by Crippen LogP contribution is 2.29. The van der Waals surface area contributed by atoms with Crippen molar-refractivity contribution in [3.63, 3.8) is 0 Å². The van der Waals surface area contributed by atoms with Crippen LogP contribution in [-0.4, -0.2) is 31.7 Å². The smallest absolute Gasteiger partial charge is 0.267 e. The lowest BCUT2D eigenvalue weighted by Gasteiger charge is -2.12. The second-order valence-electron chi connectivity index (χ2n) is 6.62. The molecule has 29 heavy (non-hydrogen) atoms. The number of primary amides is 1. The van der Waals surface area contributed by atoms with Gasteiger partial charge in [0.1, 0.15) is 16.4 Å². The van der Waals surface area contributed by atoms with Gasteiger partial charge >= 0.3 is 0 Å². The summed E-state index contributed by atoms with van der Waals surface area (Å²) in [4.78, 5) is 28.3. The lowest BCUT2D eigenvalue weighted by molar-refractivity contribution is -0.118. The van der Waals surface area contributed by atoms with E-state index in [2.05, 4.69) is 20.7 Å². The molecule has 3 aromatic rings. The number of hydrogen-bond acceptors (Lipinski definition) is 7. The van der Waals surface area contributed by atoms with Crippen LogP contribution in [0.2, 0.25) is 0 Å². The van der Waals surface area contributed by atoms with Crippen molar-refractivity contribution in [2.24, 2.45) is 5.73 Å². The molecule has 0 fully saturated rings. The standard InChI is InChI=1S/C19H22N6O3S/c1-10-4-5-13(26)12(3)17(10)23-18(28)14-9-21-19(29-14)22-16-8-11(2)24-25(16)7-6-15(20)27/h4-5,8-9,26H,6-7H2,1-3H3,(H2,20,27)(H,21,22)(H,23,28). The number of nitrogens with zero attached hydrogens (tertiary/aromatic N) is 3. The number of aryl methyl sites for hydroxylation is 3. The summed E-state index contributed by atoms with van der Waals surface area (Å²) < 4.78 is 1.64. The number of carbonyl (C=O) groups excluding carboxylic acids is 2. The lowest BCUT2D eigenvalue weighted by Crippen LogP contribution is -2.15. The van der Waals surface area contributed by atoms with Crippen LogP contribution in [0, 0.1) is 20.8 Å². The Morgan fingerprint density at radius 1 is 1.28 bits per heavy atom. The number of phenols is 1. The van der Waals surface area contributed by atoms with Crippen LogP contribution < -0.4 is 16.4 Å². The number of carbonyl (C=O) groups is 2. The largest absolute Gasteiger partial charge is 0.508 e. The fourth-order valence-corrected chi connectivity index (χ4v) is 3.50. The first-order valence-corrected chi connectivity index (χ1v) is 9.72. The minimum atomic E-state index is -0.408. The third-order valence-corrected chi connectivity index (χ3v) is 5.23. The van der Waals surface area contributed by atoms with Gasteiger partial charge in [0.05, 0.1) is 24.1 Å². The zero-order valence-corrected chi connectivity index (χ0v) is 17.1. The van der Waals surface area contributed by atoms with Crippen molar-refractivity contribution in [1.82, 2.24) is 14.8 Å². The minimum Gasteiger partial charge on any atom is -0.508 e. The van der Waals surface area contributed by atoms with E-state index in [0.29, 0.717) is 33.6 Å². The maximum absolute atomic E-state index is 12.6. The summed E-state index contributed by atoms with van der Waals surface area (Å²) in [6.07, 6.45) is 1.65. The molecule has 0 atom stereocenters. The fraction of sp³-hybridized carbons (Fsp3) is 0.263. The molecule has 152 valence electrons. The number of rotatable bonds is 7. The number of thiazole rings is 1. The Bertz CT molecular complexity index is 1070. The average molecular weight is 414 g/mol. The van der Waals surface area contributed by atoms with Crippen LogP contribution in [0.4, 0.5) is 16.6 Å². The second-order valence-corrected chi connectivity index (χ2v) is 7.65. The molecule has 0 bridgehead atoms. The van der Waals surface area contributed by atoms with Crippen molar-refractivity contribution < 1.29 is 14.7 Å². The zero-order valence-electron chi connectivity index (χ0n) is 16.3. The van der Waals surface area contributed by atoms with Gasteiger partial charge in [-0.15, -0.1) is 0 Å². The normalized spacial score (nSPS) is 10.7. The molecule has 0 spiro atoms. The third kappa shape index (κ3) is 4.72. The van der Waals surface area contributed by atoms with E-state index in [9.17, 15) is 14.7 Å². The van der Waals surface area contributed by atoms with Gasteiger partial charge < -0.3 is 21.5 Å². The predicted octanol–water partition coefficient (Wildman–Crippen LogP) is 2.84. The Balaban J connectivity index is 1.74. The summed E-state index contributed by atoms with van der Waals surface area (Å²) in [5.74, 6) is 0.0579. The Morgan fingerprint density at radius 2 is 2.03 bits per heavy atom. The highest BCUT2D eigenvalue weighted by molar-refractivity contribution is 7.17. The van der Waals surface area contributed by atoms with Crippen molar-refractivity contribution in [3.05, 3.63) is 46.1 Å². The van der Waals surface area contributed by atoms with E-state index >= 15 is 0 Å². The monoisotopic (exact) mass is 414 g/mol. The van der Waals surface area contributed by atoms with E-state index in [4.69, 9.17) is 5.73 Å². The van der Waals surface area contributed by atoms with E-state index in [-0.39, 0.29) is 18.1 Å². The number of nitrogens with one attached hydrogen (secondary N) is 2. The second kappa shape index (κ2) is 8.31. The van der Waals surface area contributed by atoms with E-state index in [1.807, 2.05) is 19.9 Å². The maximum atomic E-state index is 12.6. The van der Waals surface area contributed by atoms with Gasteiger partial charge in [-0.25, -0.2) is 9.67 Å². The first-order valence-electron chi connectivity index (χ1n) is 8.90. The van der Waals surface area contributed by atoms with Crippen LogP contribution >= 0.6 is 11.3 Å². The molecule has 2 aromatic heterocycles. The van der Waals surface area contributed by atoms with Crippen LogP contribution in [-0.2, 0) is 11.3 Å². The lowest BCUT2D eigenvalue weighted by atomic mass is 10.1. The molecule has 2 amide bonds. The van der Waals surface area contributed by atoms with Gasteiger partial charge in [0.15, 0.2) is 5.13 Å². The summed E-state index contributed by atoms with van der Waals surface area (Å²) in [5, 5.41) is 20.7. The van der Waals surface area contributed by atoms with Crippen LogP contribution in [0.1, 0.15) is 32.9 Å². The Morgan fingerprint density at radius 3 is 2.76 bits per heavy atom. The summed E-state index contributed by atoms with van der Waals surface area (Å²) in [6, 6.07) is 5.16. The Hall–Kier alpha value is -3.40. The fourth-order valence-electron chi connectivity index (χ4n) is 2.78. The highest BCUT2D eigenvalue weighted by atomic mass is 32.1. The van der Waals surface area contributed by atoms with E-state index in [1.54, 1.807) is 23.7 Å².